The third kappa shape index (κ3) is 7.39. The van der Waals surface area contributed by atoms with Gasteiger partial charge in [0.15, 0.2) is 0 Å². The molecule has 0 amide bonds. The number of carboxylic acids is 1. The van der Waals surface area contributed by atoms with Gasteiger partial charge >= 0.3 is 5.97 Å². The van der Waals surface area contributed by atoms with Crippen LogP contribution in [0.2, 0.25) is 0 Å². The SMILES string of the molecule is C[N+](C)(N)CCC(=O)O. The Kier molecular flexibility index (Phi) is 2.61. The van der Waals surface area contributed by atoms with Crippen molar-refractivity contribution in [2.75, 3.05) is 20.6 Å². The first kappa shape index (κ1) is 8.39. The summed E-state index contributed by atoms with van der Waals surface area (Å²) in [6.07, 6.45) is 0.128. The first-order valence-corrected chi connectivity index (χ1v) is 2.75. The van der Waals surface area contributed by atoms with Gasteiger partial charge in [-0.3, -0.25) is 9.39 Å². The standard InChI is InChI=1S/C5H12N2O2/c1-7(2,6)4-3-5(8)9/h3-4,6H2,1-2H3/p+1. The predicted molar refractivity (Wildman–Crippen MR) is 33.4 cm³/mol. The number of quaternary nitrogens is 1. The minimum absolute atomic E-state index is 0.128. The molecular weight excluding hydrogens is 120 g/mol. The van der Waals surface area contributed by atoms with Crippen LogP contribution in [-0.4, -0.2) is 36.3 Å². The summed E-state index contributed by atoms with van der Waals surface area (Å²) in [6, 6.07) is 0. The number of rotatable bonds is 3. The molecule has 0 heterocycles. The van der Waals surface area contributed by atoms with Gasteiger partial charge in [0.1, 0.15) is 6.54 Å². The van der Waals surface area contributed by atoms with Gasteiger partial charge in [-0.1, -0.05) is 0 Å². The molecule has 0 aliphatic heterocycles. The van der Waals surface area contributed by atoms with Crippen molar-refractivity contribution in [2.45, 2.75) is 6.42 Å². The lowest BCUT2D eigenvalue weighted by atomic mass is 10.4. The van der Waals surface area contributed by atoms with E-state index in [4.69, 9.17) is 10.9 Å². The van der Waals surface area contributed by atoms with Gasteiger partial charge in [0.05, 0.1) is 20.5 Å². The summed E-state index contributed by atoms with van der Waals surface area (Å²) in [4.78, 5) is 9.98. The maximum atomic E-state index is 9.98. The number of nitrogens with two attached hydrogens (primary N) is 1. The molecule has 0 radical (unpaired) electrons. The van der Waals surface area contributed by atoms with Crippen molar-refractivity contribution in [3.05, 3.63) is 0 Å². The van der Waals surface area contributed by atoms with Crippen molar-refractivity contribution in [3.8, 4) is 0 Å². The minimum Gasteiger partial charge on any atom is -0.481 e. The highest BCUT2D eigenvalue weighted by atomic mass is 16.4. The molecule has 0 saturated carbocycles. The second-order valence-corrected chi connectivity index (χ2v) is 2.65. The fraction of sp³-hybridized carbons (Fsp3) is 0.800. The highest BCUT2D eigenvalue weighted by molar-refractivity contribution is 5.66. The van der Waals surface area contributed by atoms with Crippen molar-refractivity contribution in [2.24, 2.45) is 5.84 Å². The van der Waals surface area contributed by atoms with Gasteiger partial charge in [0, 0.05) is 0 Å². The summed E-state index contributed by atoms with van der Waals surface area (Å²) in [5.41, 5.74) is 0. The normalized spacial score (nSPS) is 11.4. The molecular formula is C5H13N2O2+. The van der Waals surface area contributed by atoms with E-state index in [0.29, 0.717) is 6.54 Å². The lowest BCUT2D eigenvalue weighted by molar-refractivity contribution is -0.901. The second-order valence-electron chi connectivity index (χ2n) is 2.65. The maximum Gasteiger partial charge on any atom is 0.309 e. The van der Waals surface area contributed by atoms with Crippen molar-refractivity contribution in [1.82, 2.24) is 0 Å². The number of carboxylic acid groups (broad SMARTS) is 1. The molecule has 0 aliphatic rings. The van der Waals surface area contributed by atoms with E-state index in [1.54, 1.807) is 14.1 Å². The van der Waals surface area contributed by atoms with Gasteiger partial charge in [-0.05, 0) is 0 Å². The number of aliphatic carboxylic acids is 1. The molecule has 0 unspecified atom stereocenters. The van der Waals surface area contributed by atoms with Crippen LogP contribution < -0.4 is 5.84 Å². The van der Waals surface area contributed by atoms with Crippen molar-refractivity contribution >= 4 is 5.97 Å². The Labute approximate surface area is 54.4 Å². The largest absolute Gasteiger partial charge is 0.481 e. The van der Waals surface area contributed by atoms with E-state index in [1.165, 1.54) is 0 Å². The molecule has 3 N–H and O–H groups in total. The molecule has 0 aromatic heterocycles. The van der Waals surface area contributed by atoms with Gasteiger partial charge in [-0.15, -0.1) is 0 Å². The van der Waals surface area contributed by atoms with Crippen molar-refractivity contribution < 1.29 is 14.5 Å². The number of hydrogen-bond donors (Lipinski definition) is 2. The smallest absolute Gasteiger partial charge is 0.309 e. The first-order valence-electron chi connectivity index (χ1n) is 2.75. The zero-order valence-corrected chi connectivity index (χ0v) is 5.79. The summed E-state index contributed by atoms with van der Waals surface area (Å²) in [5.74, 6) is 4.66. The molecule has 0 saturated heterocycles. The predicted octanol–water partition coefficient (Wildman–Crippen LogP) is -0.589. The average Bonchev–Trinajstić information content (AvgIpc) is 1.59. The van der Waals surface area contributed by atoms with Gasteiger partial charge in [0.25, 0.3) is 0 Å². The maximum absolute atomic E-state index is 9.98. The van der Waals surface area contributed by atoms with Gasteiger partial charge in [0.2, 0.25) is 0 Å². The van der Waals surface area contributed by atoms with Crippen LogP contribution in [0.5, 0.6) is 0 Å². The number of hydrogen-bond acceptors (Lipinski definition) is 2. The van der Waals surface area contributed by atoms with E-state index >= 15 is 0 Å². The molecule has 0 aliphatic carbocycles. The third-order valence-corrected chi connectivity index (χ3v) is 0.902. The summed E-state index contributed by atoms with van der Waals surface area (Å²) in [5, 5.41) is 8.21. The topological polar surface area (TPSA) is 63.3 Å². The first-order chi connectivity index (χ1) is 3.92. The number of nitrogens with zero attached hydrogens (tertiary/aromatic N) is 1. The third-order valence-electron chi connectivity index (χ3n) is 0.902. The Morgan fingerprint density at radius 3 is 2.22 bits per heavy atom. The second kappa shape index (κ2) is 2.80. The van der Waals surface area contributed by atoms with Crippen LogP contribution in [-0.2, 0) is 4.79 Å². The molecule has 0 atom stereocenters. The highest BCUT2D eigenvalue weighted by Gasteiger charge is 2.09. The molecule has 54 valence electrons. The van der Waals surface area contributed by atoms with Gasteiger partial charge < -0.3 is 5.11 Å². The van der Waals surface area contributed by atoms with Crippen LogP contribution in [0, 0.1) is 0 Å². The Bertz CT molecular complexity index is 106. The quantitative estimate of drug-likeness (QED) is 0.307. The van der Waals surface area contributed by atoms with Crippen LogP contribution in [0.3, 0.4) is 0 Å². The lowest BCUT2D eigenvalue weighted by Crippen LogP contribution is -2.47. The molecule has 0 rings (SSSR count). The van der Waals surface area contributed by atoms with Crippen LogP contribution >= 0.6 is 0 Å². The molecule has 0 spiro atoms. The molecule has 4 heteroatoms. The summed E-state index contributed by atoms with van der Waals surface area (Å²) >= 11 is 0. The summed E-state index contributed by atoms with van der Waals surface area (Å²) < 4.78 is 0.215. The van der Waals surface area contributed by atoms with Gasteiger partial charge in [-0.2, -0.15) is 5.84 Å². The van der Waals surface area contributed by atoms with E-state index in [2.05, 4.69) is 0 Å². The summed E-state index contributed by atoms with van der Waals surface area (Å²) in [6.45, 7) is 0.468. The van der Waals surface area contributed by atoms with E-state index < -0.39 is 5.97 Å². The van der Waals surface area contributed by atoms with E-state index in [-0.39, 0.29) is 11.0 Å². The number of carbonyl (C=O) groups is 1. The highest BCUT2D eigenvalue weighted by Crippen LogP contribution is 1.88. The Hall–Kier alpha value is -0.610. The van der Waals surface area contributed by atoms with Crippen molar-refractivity contribution in [1.29, 1.82) is 0 Å². The molecule has 0 fully saturated rings. The van der Waals surface area contributed by atoms with Crippen molar-refractivity contribution in [3.63, 3.8) is 0 Å². The molecule has 0 bridgehead atoms. The van der Waals surface area contributed by atoms with Crippen LogP contribution in [0.25, 0.3) is 0 Å². The molecule has 9 heavy (non-hydrogen) atoms. The Balaban J connectivity index is 3.39. The Morgan fingerprint density at radius 1 is 1.67 bits per heavy atom. The Morgan fingerprint density at radius 2 is 2.11 bits per heavy atom. The lowest BCUT2D eigenvalue weighted by Gasteiger charge is -2.20. The fourth-order valence-corrected chi connectivity index (χ4v) is 0.384. The molecule has 4 nitrogen and oxygen atoms in total. The molecule has 0 aromatic carbocycles. The average molecular weight is 133 g/mol. The zero-order chi connectivity index (χ0) is 7.49. The van der Waals surface area contributed by atoms with E-state index in [0.717, 1.165) is 0 Å². The van der Waals surface area contributed by atoms with Gasteiger partial charge in [-0.25, -0.2) is 0 Å². The molecule has 0 aromatic rings. The van der Waals surface area contributed by atoms with Crippen LogP contribution in [0.15, 0.2) is 0 Å². The monoisotopic (exact) mass is 133 g/mol. The summed E-state index contributed by atoms with van der Waals surface area (Å²) in [7, 11) is 3.51. The van der Waals surface area contributed by atoms with Crippen LogP contribution in [0.4, 0.5) is 0 Å². The minimum atomic E-state index is -0.799. The van der Waals surface area contributed by atoms with E-state index in [1.807, 2.05) is 0 Å². The zero-order valence-electron chi connectivity index (χ0n) is 5.79. The van der Waals surface area contributed by atoms with E-state index in [9.17, 15) is 4.79 Å². The van der Waals surface area contributed by atoms with Crippen LogP contribution in [0.1, 0.15) is 6.42 Å². The fourth-order valence-electron chi connectivity index (χ4n) is 0.384.